The summed E-state index contributed by atoms with van der Waals surface area (Å²) < 4.78 is 0. The summed E-state index contributed by atoms with van der Waals surface area (Å²) in [6, 6.07) is -0.130. The Morgan fingerprint density at radius 1 is 1.19 bits per heavy atom. The molecule has 0 spiro atoms. The van der Waals surface area contributed by atoms with Crippen molar-refractivity contribution in [2.45, 2.75) is 65.3 Å². The number of carbonyl (C=O) groups excluding carboxylic acids is 1. The van der Waals surface area contributed by atoms with Crippen molar-refractivity contribution in [3.63, 3.8) is 0 Å². The number of hydrogen-bond donors (Lipinski definition) is 2. The molecule has 0 bridgehead atoms. The summed E-state index contributed by atoms with van der Waals surface area (Å²) in [4.78, 5) is 11.6. The van der Waals surface area contributed by atoms with Gasteiger partial charge in [0.05, 0.1) is 6.61 Å². The van der Waals surface area contributed by atoms with Crippen molar-refractivity contribution in [1.82, 2.24) is 5.32 Å². The lowest BCUT2D eigenvalue weighted by atomic mass is 10.0. The number of carbonyl (C=O) groups is 1. The molecule has 0 saturated carbocycles. The molecule has 1 amide bonds. The van der Waals surface area contributed by atoms with E-state index in [4.69, 9.17) is 5.11 Å². The monoisotopic (exact) mass is 229 g/mol. The molecule has 0 heterocycles. The van der Waals surface area contributed by atoms with Gasteiger partial charge in [-0.1, -0.05) is 46.0 Å². The van der Waals surface area contributed by atoms with Crippen LogP contribution in [0.2, 0.25) is 0 Å². The van der Waals surface area contributed by atoms with Gasteiger partial charge in [0.2, 0.25) is 5.91 Å². The Morgan fingerprint density at radius 2 is 1.81 bits per heavy atom. The molecule has 0 aromatic carbocycles. The van der Waals surface area contributed by atoms with Crippen molar-refractivity contribution in [3.8, 4) is 0 Å². The molecule has 2 N–H and O–H groups in total. The molecule has 0 saturated heterocycles. The number of aliphatic hydroxyl groups excluding tert-OH is 1. The fraction of sp³-hybridized carbons (Fsp3) is 0.923. The second kappa shape index (κ2) is 9.64. The van der Waals surface area contributed by atoms with Gasteiger partial charge in [-0.2, -0.15) is 0 Å². The minimum atomic E-state index is -0.130. The van der Waals surface area contributed by atoms with E-state index >= 15 is 0 Å². The topological polar surface area (TPSA) is 49.3 Å². The summed E-state index contributed by atoms with van der Waals surface area (Å²) in [6.07, 6.45) is 7.13. The molecule has 2 atom stereocenters. The second-order valence-corrected chi connectivity index (χ2v) is 4.70. The van der Waals surface area contributed by atoms with Crippen molar-refractivity contribution < 1.29 is 9.90 Å². The second-order valence-electron chi connectivity index (χ2n) is 4.70. The van der Waals surface area contributed by atoms with Crippen LogP contribution in [0.25, 0.3) is 0 Å². The largest absolute Gasteiger partial charge is 0.394 e. The van der Waals surface area contributed by atoms with E-state index in [0.29, 0.717) is 0 Å². The maximum Gasteiger partial charge on any atom is 0.223 e. The van der Waals surface area contributed by atoms with Crippen molar-refractivity contribution in [3.05, 3.63) is 0 Å². The Hall–Kier alpha value is -0.570. The van der Waals surface area contributed by atoms with Crippen LogP contribution in [0.3, 0.4) is 0 Å². The lowest BCUT2D eigenvalue weighted by molar-refractivity contribution is -0.125. The zero-order valence-corrected chi connectivity index (χ0v) is 11.0. The summed E-state index contributed by atoms with van der Waals surface area (Å²) in [5.41, 5.74) is 0. The van der Waals surface area contributed by atoms with Gasteiger partial charge >= 0.3 is 0 Å². The number of amides is 1. The van der Waals surface area contributed by atoms with Crippen LogP contribution in [0.15, 0.2) is 0 Å². The van der Waals surface area contributed by atoms with Crippen molar-refractivity contribution >= 4 is 5.91 Å². The Kier molecular flexibility index (Phi) is 9.30. The lowest BCUT2D eigenvalue weighted by Gasteiger charge is -2.15. The number of unbranched alkanes of at least 4 members (excludes halogenated alkanes) is 4. The maximum absolute atomic E-state index is 11.6. The van der Waals surface area contributed by atoms with Gasteiger partial charge in [-0.25, -0.2) is 0 Å². The molecule has 96 valence electrons. The summed E-state index contributed by atoms with van der Waals surface area (Å²) >= 11 is 0. The highest BCUT2D eigenvalue weighted by Gasteiger charge is 2.13. The zero-order valence-electron chi connectivity index (χ0n) is 11.0. The van der Waals surface area contributed by atoms with Gasteiger partial charge in [-0.15, -0.1) is 0 Å². The summed E-state index contributed by atoms with van der Waals surface area (Å²) in [5, 5.41) is 11.6. The van der Waals surface area contributed by atoms with Crippen LogP contribution in [0.4, 0.5) is 0 Å². The van der Waals surface area contributed by atoms with E-state index in [1.165, 1.54) is 25.7 Å². The number of nitrogens with one attached hydrogen (secondary N) is 1. The van der Waals surface area contributed by atoms with Crippen LogP contribution in [0.5, 0.6) is 0 Å². The highest BCUT2D eigenvalue weighted by molar-refractivity contribution is 5.78. The van der Waals surface area contributed by atoms with Crippen LogP contribution in [0.1, 0.15) is 59.3 Å². The third-order valence-electron chi connectivity index (χ3n) is 2.85. The van der Waals surface area contributed by atoms with Crippen LogP contribution in [0, 0.1) is 5.92 Å². The highest BCUT2D eigenvalue weighted by Crippen LogP contribution is 2.11. The first kappa shape index (κ1) is 15.4. The predicted molar refractivity (Wildman–Crippen MR) is 67.2 cm³/mol. The quantitative estimate of drug-likeness (QED) is 0.597. The molecule has 0 aliphatic heterocycles. The van der Waals surface area contributed by atoms with Crippen LogP contribution in [-0.2, 0) is 4.79 Å². The maximum atomic E-state index is 11.6. The van der Waals surface area contributed by atoms with E-state index in [1.807, 2.05) is 13.8 Å². The Morgan fingerprint density at radius 3 is 2.38 bits per heavy atom. The number of rotatable bonds is 9. The highest BCUT2D eigenvalue weighted by atomic mass is 16.3. The average Bonchev–Trinajstić information content (AvgIpc) is 2.28. The van der Waals surface area contributed by atoms with Gasteiger partial charge in [0.1, 0.15) is 0 Å². The van der Waals surface area contributed by atoms with Crippen molar-refractivity contribution in [2.24, 2.45) is 5.92 Å². The molecule has 0 radical (unpaired) electrons. The van der Waals surface area contributed by atoms with E-state index in [1.54, 1.807) is 0 Å². The third-order valence-corrected chi connectivity index (χ3v) is 2.85. The molecule has 0 fully saturated rings. The standard InChI is InChI=1S/C13H27NO2/c1-4-5-6-7-8-9-11(2)13(16)14-12(3)10-15/h11-12,15H,4-10H2,1-3H3,(H,14,16). The first-order chi connectivity index (χ1) is 7.61. The molecule has 3 nitrogen and oxygen atoms in total. The molecular weight excluding hydrogens is 202 g/mol. The molecular formula is C13H27NO2. The fourth-order valence-corrected chi connectivity index (χ4v) is 1.62. The predicted octanol–water partition coefficient (Wildman–Crippen LogP) is 2.48. The molecule has 0 aliphatic carbocycles. The molecule has 3 heteroatoms. The summed E-state index contributed by atoms with van der Waals surface area (Å²) in [6.45, 7) is 5.98. The molecule has 16 heavy (non-hydrogen) atoms. The molecule has 0 rings (SSSR count). The van der Waals surface area contributed by atoms with Crippen LogP contribution < -0.4 is 5.32 Å². The minimum absolute atomic E-state index is 0.00889. The van der Waals surface area contributed by atoms with Gasteiger partial charge in [-0.3, -0.25) is 4.79 Å². The average molecular weight is 229 g/mol. The Bertz CT molecular complexity index is 183. The van der Waals surface area contributed by atoms with Crippen molar-refractivity contribution in [2.75, 3.05) is 6.61 Å². The van der Waals surface area contributed by atoms with E-state index in [9.17, 15) is 4.79 Å². The number of aliphatic hydroxyl groups is 1. The van der Waals surface area contributed by atoms with Gasteiger partial charge in [0.15, 0.2) is 0 Å². The van der Waals surface area contributed by atoms with Gasteiger partial charge in [0, 0.05) is 12.0 Å². The normalized spacial score (nSPS) is 14.5. The van der Waals surface area contributed by atoms with Crippen LogP contribution >= 0.6 is 0 Å². The van der Waals surface area contributed by atoms with E-state index in [2.05, 4.69) is 12.2 Å². The van der Waals surface area contributed by atoms with Crippen molar-refractivity contribution in [1.29, 1.82) is 0 Å². The first-order valence-corrected chi connectivity index (χ1v) is 6.53. The molecule has 0 aliphatic rings. The Labute approximate surface area is 99.6 Å². The van der Waals surface area contributed by atoms with E-state index < -0.39 is 0 Å². The Balaban J connectivity index is 3.55. The summed E-state index contributed by atoms with van der Waals surface area (Å²) in [5.74, 6) is 0.132. The van der Waals surface area contributed by atoms with Gasteiger partial charge in [0.25, 0.3) is 0 Å². The molecule has 2 unspecified atom stereocenters. The molecule has 0 aromatic rings. The van der Waals surface area contributed by atoms with E-state index in [-0.39, 0.29) is 24.5 Å². The van der Waals surface area contributed by atoms with E-state index in [0.717, 1.165) is 12.8 Å². The first-order valence-electron chi connectivity index (χ1n) is 6.53. The van der Waals surface area contributed by atoms with Gasteiger partial charge in [-0.05, 0) is 13.3 Å². The van der Waals surface area contributed by atoms with Crippen LogP contribution in [-0.4, -0.2) is 23.7 Å². The number of hydrogen-bond acceptors (Lipinski definition) is 2. The third kappa shape index (κ3) is 7.69. The fourth-order valence-electron chi connectivity index (χ4n) is 1.62. The minimum Gasteiger partial charge on any atom is -0.394 e. The van der Waals surface area contributed by atoms with Gasteiger partial charge < -0.3 is 10.4 Å². The smallest absolute Gasteiger partial charge is 0.223 e. The lowest BCUT2D eigenvalue weighted by Crippen LogP contribution is -2.38. The SMILES string of the molecule is CCCCCCCC(C)C(=O)NC(C)CO. The summed E-state index contributed by atoms with van der Waals surface area (Å²) in [7, 11) is 0. The molecule has 0 aromatic heterocycles. The zero-order chi connectivity index (χ0) is 12.4.